The van der Waals surface area contributed by atoms with Crippen molar-refractivity contribution in [2.24, 2.45) is 0 Å². The summed E-state index contributed by atoms with van der Waals surface area (Å²) >= 11 is 1.45. The van der Waals surface area contributed by atoms with Gasteiger partial charge in [-0.2, -0.15) is 0 Å². The van der Waals surface area contributed by atoms with E-state index in [-0.39, 0.29) is 6.54 Å². The van der Waals surface area contributed by atoms with Crippen molar-refractivity contribution in [2.75, 3.05) is 44.6 Å². The van der Waals surface area contributed by atoms with Crippen molar-refractivity contribution in [3.8, 4) is 17.2 Å². The van der Waals surface area contributed by atoms with E-state index < -0.39 is 18.2 Å². The minimum absolute atomic E-state index is 0.184. The lowest BCUT2D eigenvalue weighted by Gasteiger charge is -2.15. The average molecular weight is 407 g/mol. The molecule has 3 rings (SSSR count). The van der Waals surface area contributed by atoms with Crippen LogP contribution in [0, 0.1) is 0 Å². The zero-order chi connectivity index (χ0) is 20.1. The van der Waals surface area contributed by atoms with E-state index in [1.807, 2.05) is 17.5 Å². The molecule has 0 saturated carbocycles. The first kappa shape index (κ1) is 19.6. The fourth-order valence-electron chi connectivity index (χ4n) is 2.77. The van der Waals surface area contributed by atoms with Crippen LogP contribution in [0.25, 0.3) is 0 Å². The van der Waals surface area contributed by atoms with E-state index in [1.165, 1.54) is 32.7 Å². The number of anilines is 2. The molecule has 9 nitrogen and oxygen atoms in total. The van der Waals surface area contributed by atoms with Crippen molar-refractivity contribution < 1.29 is 28.5 Å². The molecular formula is C18H21N3O6S. The van der Waals surface area contributed by atoms with Crippen LogP contribution in [0.1, 0.15) is 0 Å². The van der Waals surface area contributed by atoms with Crippen molar-refractivity contribution in [3.05, 3.63) is 29.6 Å². The minimum atomic E-state index is -0.445. The number of benzene rings is 1. The molecule has 10 heteroatoms. The number of hydrogen-bond acceptors (Lipinski definition) is 7. The summed E-state index contributed by atoms with van der Waals surface area (Å²) in [6.07, 6.45) is -0.848. The first-order valence-electron chi connectivity index (χ1n) is 8.42. The number of thiophene rings is 1. The normalized spacial score (nSPS) is 15.8. The van der Waals surface area contributed by atoms with E-state index in [0.29, 0.717) is 29.5 Å². The van der Waals surface area contributed by atoms with Gasteiger partial charge >= 0.3 is 12.1 Å². The van der Waals surface area contributed by atoms with Crippen molar-refractivity contribution in [3.63, 3.8) is 0 Å². The predicted octanol–water partition coefficient (Wildman–Crippen LogP) is 2.92. The van der Waals surface area contributed by atoms with Crippen LogP contribution in [0.5, 0.6) is 17.2 Å². The van der Waals surface area contributed by atoms with Crippen molar-refractivity contribution in [1.82, 2.24) is 5.32 Å². The van der Waals surface area contributed by atoms with E-state index in [9.17, 15) is 9.59 Å². The van der Waals surface area contributed by atoms with Crippen LogP contribution in [0.3, 0.4) is 0 Å². The highest BCUT2D eigenvalue weighted by Crippen LogP contribution is 2.39. The number of amides is 3. The molecule has 0 radical (unpaired) electrons. The van der Waals surface area contributed by atoms with Crippen molar-refractivity contribution in [1.29, 1.82) is 0 Å². The van der Waals surface area contributed by atoms with Gasteiger partial charge in [-0.1, -0.05) is 0 Å². The molecule has 1 unspecified atom stereocenters. The number of carbonyl (C=O) groups is 2. The molecular weight excluding hydrogens is 386 g/mol. The number of ether oxygens (including phenoxy) is 4. The Morgan fingerprint density at radius 3 is 2.54 bits per heavy atom. The number of nitrogens with zero attached hydrogens (tertiary/aromatic N) is 1. The first-order chi connectivity index (χ1) is 13.5. The van der Waals surface area contributed by atoms with Gasteiger partial charge in [0.05, 0.1) is 40.1 Å². The fourth-order valence-corrected chi connectivity index (χ4v) is 3.50. The molecule has 1 atom stereocenters. The quantitative estimate of drug-likeness (QED) is 0.732. The van der Waals surface area contributed by atoms with Crippen LogP contribution >= 0.6 is 11.3 Å². The summed E-state index contributed by atoms with van der Waals surface area (Å²) in [6.45, 7) is 0.563. The zero-order valence-corrected chi connectivity index (χ0v) is 16.5. The number of cyclic esters (lactones) is 1. The van der Waals surface area contributed by atoms with Crippen LogP contribution in [-0.4, -0.2) is 52.6 Å². The molecule has 1 aromatic heterocycles. The van der Waals surface area contributed by atoms with Gasteiger partial charge in [-0.3, -0.25) is 4.90 Å². The smallest absolute Gasteiger partial charge is 0.415 e. The molecule has 1 fully saturated rings. The molecule has 3 amide bonds. The van der Waals surface area contributed by atoms with E-state index in [1.54, 1.807) is 17.0 Å². The monoisotopic (exact) mass is 407 g/mol. The van der Waals surface area contributed by atoms with Gasteiger partial charge in [0.2, 0.25) is 5.75 Å². The van der Waals surface area contributed by atoms with Crippen LogP contribution in [-0.2, 0) is 4.74 Å². The number of carbonyl (C=O) groups excluding carboxylic acids is 2. The maximum absolute atomic E-state index is 12.2. The second-order valence-electron chi connectivity index (χ2n) is 5.82. The van der Waals surface area contributed by atoms with Gasteiger partial charge < -0.3 is 29.6 Å². The minimum Gasteiger partial charge on any atom is -0.493 e. The predicted molar refractivity (Wildman–Crippen MR) is 105 cm³/mol. The molecule has 28 heavy (non-hydrogen) atoms. The summed E-state index contributed by atoms with van der Waals surface area (Å²) in [6, 6.07) is 6.51. The topological polar surface area (TPSA) is 98.4 Å². The number of hydrogen-bond donors (Lipinski definition) is 2. The van der Waals surface area contributed by atoms with Crippen molar-refractivity contribution >= 4 is 34.1 Å². The van der Waals surface area contributed by atoms with E-state index >= 15 is 0 Å². The summed E-state index contributed by atoms with van der Waals surface area (Å²) in [5.41, 5.74) is 0.468. The third-order valence-electron chi connectivity index (χ3n) is 4.06. The standard InChI is InChI=1S/C18H21N3O6S/c1-24-13-7-11(8-14(25-2)16(13)26-3)20-17(22)19-9-12-10-21(18(23)27-12)15-5-4-6-28-15/h4-8,12H,9-10H2,1-3H3,(H2,19,20,22). The van der Waals surface area contributed by atoms with Gasteiger partial charge in [0, 0.05) is 12.1 Å². The number of methoxy groups -OCH3 is 3. The molecule has 0 spiro atoms. The Balaban J connectivity index is 1.57. The lowest BCUT2D eigenvalue weighted by atomic mass is 10.2. The highest BCUT2D eigenvalue weighted by atomic mass is 32.1. The lowest BCUT2D eigenvalue weighted by Crippen LogP contribution is -2.37. The SMILES string of the molecule is COc1cc(NC(=O)NCC2CN(c3cccs3)C(=O)O2)cc(OC)c1OC. The molecule has 0 bridgehead atoms. The Morgan fingerprint density at radius 2 is 1.96 bits per heavy atom. The molecule has 1 aliphatic rings. The Labute approximate surface area is 166 Å². The average Bonchev–Trinajstić information content (AvgIpc) is 3.34. The van der Waals surface area contributed by atoms with Crippen LogP contribution in [0.2, 0.25) is 0 Å². The number of nitrogens with one attached hydrogen (secondary N) is 2. The molecule has 1 aliphatic heterocycles. The lowest BCUT2D eigenvalue weighted by molar-refractivity contribution is 0.141. The molecule has 2 heterocycles. The Morgan fingerprint density at radius 1 is 1.25 bits per heavy atom. The Kier molecular flexibility index (Phi) is 6.09. The number of urea groups is 1. The van der Waals surface area contributed by atoms with Crippen LogP contribution in [0.15, 0.2) is 29.6 Å². The molecule has 1 aromatic carbocycles. The van der Waals surface area contributed by atoms with E-state index in [0.717, 1.165) is 5.00 Å². The zero-order valence-electron chi connectivity index (χ0n) is 15.7. The second-order valence-corrected chi connectivity index (χ2v) is 6.74. The Hall–Kier alpha value is -3.14. The van der Waals surface area contributed by atoms with E-state index in [2.05, 4.69) is 10.6 Å². The van der Waals surface area contributed by atoms with Gasteiger partial charge in [-0.15, -0.1) is 11.3 Å². The molecule has 2 N–H and O–H groups in total. The van der Waals surface area contributed by atoms with Crippen LogP contribution in [0.4, 0.5) is 20.3 Å². The third-order valence-corrected chi connectivity index (χ3v) is 4.95. The first-order valence-corrected chi connectivity index (χ1v) is 9.30. The van der Waals surface area contributed by atoms with Gasteiger partial charge in [-0.05, 0) is 17.5 Å². The summed E-state index contributed by atoms with van der Waals surface area (Å²) in [5, 5.41) is 8.10. The van der Waals surface area contributed by atoms with Gasteiger partial charge in [0.15, 0.2) is 11.5 Å². The summed E-state index contributed by atoms with van der Waals surface area (Å²) in [5.74, 6) is 1.28. The maximum Gasteiger partial charge on any atom is 0.415 e. The highest BCUT2D eigenvalue weighted by molar-refractivity contribution is 7.14. The second kappa shape index (κ2) is 8.70. The summed E-state index contributed by atoms with van der Waals surface area (Å²) < 4.78 is 21.1. The Bertz CT molecular complexity index is 817. The van der Waals surface area contributed by atoms with Crippen LogP contribution < -0.4 is 29.7 Å². The van der Waals surface area contributed by atoms with Crippen molar-refractivity contribution in [2.45, 2.75) is 6.10 Å². The van der Waals surface area contributed by atoms with Gasteiger partial charge in [-0.25, -0.2) is 9.59 Å². The number of rotatable bonds is 7. The third kappa shape index (κ3) is 4.22. The maximum atomic E-state index is 12.2. The van der Waals surface area contributed by atoms with E-state index in [4.69, 9.17) is 18.9 Å². The molecule has 150 valence electrons. The highest BCUT2D eigenvalue weighted by Gasteiger charge is 2.33. The molecule has 2 aromatic rings. The van der Waals surface area contributed by atoms with Gasteiger partial charge in [0.25, 0.3) is 0 Å². The molecule has 0 aliphatic carbocycles. The largest absolute Gasteiger partial charge is 0.493 e. The summed E-state index contributed by atoms with van der Waals surface area (Å²) in [7, 11) is 4.49. The molecule has 1 saturated heterocycles. The fraction of sp³-hybridized carbons (Fsp3) is 0.333. The summed E-state index contributed by atoms with van der Waals surface area (Å²) in [4.78, 5) is 25.7. The van der Waals surface area contributed by atoms with Gasteiger partial charge in [0.1, 0.15) is 11.1 Å².